The number of anilines is 1. The summed E-state index contributed by atoms with van der Waals surface area (Å²) in [5, 5.41) is 0. The van der Waals surface area contributed by atoms with Crippen LogP contribution in [0.2, 0.25) is 0 Å². The second kappa shape index (κ2) is 5.65. The Hall–Kier alpha value is -1.36. The molecule has 0 bridgehead atoms. The first-order valence-electron chi connectivity index (χ1n) is 5.53. The Morgan fingerprint density at radius 1 is 1.56 bits per heavy atom. The zero-order valence-corrected chi connectivity index (χ0v) is 10.2. The van der Waals surface area contributed by atoms with Crippen LogP contribution in [0.1, 0.15) is 13.8 Å². The van der Waals surface area contributed by atoms with Crippen molar-refractivity contribution >= 4 is 5.82 Å². The predicted molar refractivity (Wildman–Crippen MR) is 65.6 cm³/mol. The minimum atomic E-state index is -0.0726. The van der Waals surface area contributed by atoms with Crippen LogP contribution in [0.4, 0.5) is 5.82 Å². The Morgan fingerprint density at radius 3 is 2.81 bits per heavy atom. The average molecular weight is 224 g/mol. The Bertz CT molecular complexity index is 386. The molecule has 0 atom stereocenters. The molecule has 0 unspecified atom stereocenters. The molecule has 1 heterocycles. The highest BCUT2D eigenvalue weighted by molar-refractivity contribution is 5.35. The summed E-state index contributed by atoms with van der Waals surface area (Å²) in [6, 6.07) is 0. The summed E-state index contributed by atoms with van der Waals surface area (Å²) in [4.78, 5) is 18.0. The van der Waals surface area contributed by atoms with Crippen LogP contribution in [0, 0.1) is 5.92 Å². The molecule has 0 saturated carbocycles. The maximum atomic E-state index is 11.9. The molecular formula is C11H20N4O. The van der Waals surface area contributed by atoms with Crippen molar-refractivity contribution in [1.29, 1.82) is 0 Å². The number of nitrogens with two attached hydrogens (primary N) is 1. The minimum Gasteiger partial charge on any atom is -0.351 e. The van der Waals surface area contributed by atoms with Crippen molar-refractivity contribution in [1.82, 2.24) is 9.55 Å². The van der Waals surface area contributed by atoms with Gasteiger partial charge in [0.1, 0.15) is 0 Å². The van der Waals surface area contributed by atoms with Gasteiger partial charge in [0.15, 0.2) is 5.82 Å². The first-order valence-corrected chi connectivity index (χ1v) is 5.53. The zero-order valence-electron chi connectivity index (χ0n) is 10.2. The summed E-state index contributed by atoms with van der Waals surface area (Å²) in [5.74, 6) is 0.961. The topological polar surface area (TPSA) is 64.2 Å². The third-order valence-electron chi connectivity index (χ3n) is 2.28. The van der Waals surface area contributed by atoms with Crippen LogP contribution in [-0.2, 0) is 7.05 Å². The molecule has 5 heteroatoms. The van der Waals surface area contributed by atoms with Crippen molar-refractivity contribution in [3.05, 3.63) is 22.7 Å². The number of aryl methyl sites for hydroxylation is 1. The lowest BCUT2D eigenvalue weighted by Gasteiger charge is -2.24. The average Bonchev–Trinajstić information content (AvgIpc) is 2.21. The number of hydrogen-bond acceptors (Lipinski definition) is 4. The van der Waals surface area contributed by atoms with E-state index in [4.69, 9.17) is 5.73 Å². The molecule has 0 saturated heterocycles. The normalized spacial score (nSPS) is 10.8. The lowest BCUT2D eigenvalue weighted by atomic mass is 10.2. The van der Waals surface area contributed by atoms with Crippen LogP contribution in [0.5, 0.6) is 0 Å². The molecule has 0 radical (unpaired) electrons. The third kappa shape index (κ3) is 3.06. The molecule has 0 aliphatic carbocycles. The smallest absolute Gasteiger partial charge is 0.293 e. The molecule has 1 rings (SSSR count). The summed E-state index contributed by atoms with van der Waals surface area (Å²) < 4.78 is 1.53. The van der Waals surface area contributed by atoms with Crippen LogP contribution in [-0.4, -0.2) is 29.2 Å². The summed E-state index contributed by atoms with van der Waals surface area (Å²) in [6.07, 6.45) is 3.29. The minimum absolute atomic E-state index is 0.0726. The number of rotatable bonds is 5. The van der Waals surface area contributed by atoms with Gasteiger partial charge in [-0.25, -0.2) is 4.98 Å². The highest BCUT2D eigenvalue weighted by Gasteiger charge is 2.13. The highest BCUT2D eigenvalue weighted by Crippen LogP contribution is 2.06. The second-order valence-electron chi connectivity index (χ2n) is 4.30. The first kappa shape index (κ1) is 12.7. The van der Waals surface area contributed by atoms with E-state index in [0.29, 0.717) is 24.8 Å². The van der Waals surface area contributed by atoms with Crippen LogP contribution >= 0.6 is 0 Å². The molecule has 5 nitrogen and oxygen atoms in total. The molecule has 90 valence electrons. The third-order valence-corrected chi connectivity index (χ3v) is 2.28. The first-order chi connectivity index (χ1) is 7.56. The van der Waals surface area contributed by atoms with Gasteiger partial charge in [-0.1, -0.05) is 13.8 Å². The van der Waals surface area contributed by atoms with Gasteiger partial charge in [-0.3, -0.25) is 4.79 Å². The molecule has 16 heavy (non-hydrogen) atoms. The molecule has 0 amide bonds. The molecule has 1 aromatic heterocycles. The Kier molecular flexibility index (Phi) is 4.49. The van der Waals surface area contributed by atoms with Gasteiger partial charge >= 0.3 is 0 Å². The van der Waals surface area contributed by atoms with E-state index in [9.17, 15) is 4.79 Å². The van der Waals surface area contributed by atoms with E-state index in [2.05, 4.69) is 18.8 Å². The van der Waals surface area contributed by atoms with E-state index in [1.165, 1.54) is 4.57 Å². The van der Waals surface area contributed by atoms with Crippen LogP contribution in [0.25, 0.3) is 0 Å². The van der Waals surface area contributed by atoms with Gasteiger partial charge < -0.3 is 15.2 Å². The van der Waals surface area contributed by atoms with Crippen molar-refractivity contribution < 1.29 is 0 Å². The van der Waals surface area contributed by atoms with Gasteiger partial charge in [-0.05, 0) is 5.92 Å². The zero-order chi connectivity index (χ0) is 12.1. The van der Waals surface area contributed by atoms with Crippen LogP contribution in [0.3, 0.4) is 0 Å². The summed E-state index contributed by atoms with van der Waals surface area (Å²) >= 11 is 0. The molecule has 0 fully saturated rings. The van der Waals surface area contributed by atoms with Crippen molar-refractivity contribution in [3.8, 4) is 0 Å². The van der Waals surface area contributed by atoms with E-state index >= 15 is 0 Å². The quantitative estimate of drug-likeness (QED) is 0.776. The van der Waals surface area contributed by atoms with Crippen LogP contribution < -0.4 is 16.2 Å². The molecule has 0 aliphatic heterocycles. The molecule has 0 aliphatic rings. The van der Waals surface area contributed by atoms with Gasteiger partial charge in [0.05, 0.1) is 0 Å². The second-order valence-corrected chi connectivity index (χ2v) is 4.30. The lowest BCUT2D eigenvalue weighted by molar-refractivity contribution is 0.602. The fourth-order valence-corrected chi connectivity index (χ4v) is 1.58. The van der Waals surface area contributed by atoms with E-state index in [1.54, 1.807) is 19.4 Å². The predicted octanol–water partition coefficient (Wildman–Crippen LogP) is 0.201. The molecule has 2 N–H and O–H groups in total. The van der Waals surface area contributed by atoms with E-state index in [1.807, 2.05) is 4.90 Å². The summed E-state index contributed by atoms with van der Waals surface area (Å²) in [6.45, 7) is 6.19. The van der Waals surface area contributed by atoms with E-state index < -0.39 is 0 Å². The van der Waals surface area contributed by atoms with Gasteiger partial charge in [-0.15, -0.1) is 0 Å². The van der Waals surface area contributed by atoms with Gasteiger partial charge in [0, 0.05) is 39.1 Å². The Balaban J connectivity index is 3.01. The maximum Gasteiger partial charge on any atom is 0.293 e. The van der Waals surface area contributed by atoms with Crippen molar-refractivity contribution in [2.24, 2.45) is 18.7 Å². The number of hydrogen-bond donors (Lipinski definition) is 1. The van der Waals surface area contributed by atoms with Crippen molar-refractivity contribution in [3.63, 3.8) is 0 Å². The summed E-state index contributed by atoms with van der Waals surface area (Å²) in [5.41, 5.74) is 5.48. The van der Waals surface area contributed by atoms with Crippen molar-refractivity contribution in [2.75, 3.05) is 24.5 Å². The Labute approximate surface area is 95.9 Å². The fourth-order valence-electron chi connectivity index (χ4n) is 1.58. The SMILES string of the molecule is CC(C)CN(CCN)c1nccn(C)c1=O. The van der Waals surface area contributed by atoms with Crippen LogP contribution in [0.15, 0.2) is 17.2 Å². The molecule has 0 spiro atoms. The number of nitrogens with zero attached hydrogens (tertiary/aromatic N) is 3. The van der Waals surface area contributed by atoms with Gasteiger partial charge in [0.2, 0.25) is 0 Å². The van der Waals surface area contributed by atoms with E-state index in [0.717, 1.165) is 6.54 Å². The largest absolute Gasteiger partial charge is 0.351 e. The van der Waals surface area contributed by atoms with Crippen molar-refractivity contribution in [2.45, 2.75) is 13.8 Å². The Morgan fingerprint density at radius 2 is 2.25 bits per heavy atom. The molecule has 0 aromatic carbocycles. The summed E-state index contributed by atoms with van der Waals surface area (Å²) in [7, 11) is 1.73. The highest BCUT2D eigenvalue weighted by atomic mass is 16.1. The standard InChI is InChI=1S/C11H20N4O/c1-9(2)8-15(6-4-12)10-11(16)14(3)7-5-13-10/h5,7,9H,4,6,8,12H2,1-3H3. The lowest BCUT2D eigenvalue weighted by Crippen LogP contribution is -2.38. The maximum absolute atomic E-state index is 11.9. The van der Waals surface area contributed by atoms with Gasteiger partial charge in [-0.2, -0.15) is 0 Å². The van der Waals surface area contributed by atoms with E-state index in [-0.39, 0.29) is 5.56 Å². The number of aromatic nitrogens is 2. The monoisotopic (exact) mass is 224 g/mol. The van der Waals surface area contributed by atoms with Gasteiger partial charge in [0.25, 0.3) is 5.56 Å². The fraction of sp³-hybridized carbons (Fsp3) is 0.636. The molecule has 1 aromatic rings. The molecular weight excluding hydrogens is 204 g/mol.